The van der Waals surface area contributed by atoms with E-state index in [1.807, 2.05) is 13.8 Å². The normalized spacial score (nSPS) is 12.7. The maximum Gasteiger partial charge on any atom is 0.215 e. The van der Waals surface area contributed by atoms with Crippen molar-refractivity contribution in [2.75, 3.05) is 32.5 Å². The number of rotatable bonds is 7. The number of sulfonamides is 1. The summed E-state index contributed by atoms with van der Waals surface area (Å²) in [7, 11) is -1.64. The van der Waals surface area contributed by atoms with Gasteiger partial charge in [0.15, 0.2) is 0 Å². The summed E-state index contributed by atoms with van der Waals surface area (Å²) in [5.74, 6) is -0.00875. The fourth-order valence-electron chi connectivity index (χ4n) is 0.861. The fourth-order valence-corrected chi connectivity index (χ4v) is 1.82. The Kier molecular flexibility index (Phi) is 6.26. The molecule has 6 heteroatoms. The fraction of sp³-hybridized carbons (Fsp3) is 1.00. The minimum absolute atomic E-state index is 0.00875. The number of hydrogen-bond acceptors (Lipinski definition) is 4. The molecule has 0 bridgehead atoms. The summed E-state index contributed by atoms with van der Waals surface area (Å²) < 4.78 is 29.3. The van der Waals surface area contributed by atoms with Gasteiger partial charge in [0.2, 0.25) is 10.0 Å². The van der Waals surface area contributed by atoms with E-state index in [1.165, 1.54) is 11.4 Å². The second-order valence-corrected chi connectivity index (χ2v) is 5.54. The molecule has 0 aromatic heterocycles. The van der Waals surface area contributed by atoms with E-state index in [4.69, 9.17) is 10.5 Å². The lowest BCUT2D eigenvalue weighted by atomic mass is 10.5. The zero-order valence-electron chi connectivity index (χ0n) is 9.06. The molecular weight excluding hydrogens is 204 g/mol. The highest BCUT2D eigenvalue weighted by Gasteiger charge is 2.15. The molecular formula is C8H20N2O3S. The average molecular weight is 224 g/mol. The van der Waals surface area contributed by atoms with Crippen LogP contribution in [0.1, 0.15) is 13.8 Å². The van der Waals surface area contributed by atoms with Crippen molar-refractivity contribution in [2.24, 2.45) is 5.73 Å². The van der Waals surface area contributed by atoms with Gasteiger partial charge in [-0.1, -0.05) is 0 Å². The van der Waals surface area contributed by atoms with Gasteiger partial charge in [0.05, 0.1) is 18.5 Å². The third-order valence-corrected chi connectivity index (χ3v) is 3.59. The lowest BCUT2D eigenvalue weighted by Crippen LogP contribution is -2.34. The molecule has 14 heavy (non-hydrogen) atoms. The summed E-state index contributed by atoms with van der Waals surface area (Å²) in [5.41, 5.74) is 5.19. The first kappa shape index (κ1) is 13.8. The highest BCUT2D eigenvalue weighted by molar-refractivity contribution is 7.89. The van der Waals surface area contributed by atoms with Gasteiger partial charge in [-0.2, -0.15) is 0 Å². The molecule has 86 valence electrons. The van der Waals surface area contributed by atoms with Crippen LogP contribution in [0.25, 0.3) is 0 Å². The number of likely N-dealkylation sites (N-methyl/N-ethyl adjacent to an activating group) is 1. The van der Waals surface area contributed by atoms with Crippen LogP contribution in [-0.2, 0) is 14.8 Å². The molecule has 0 aromatic carbocycles. The summed E-state index contributed by atoms with van der Waals surface area (Å²) in [6.07, 6.45) is 0.126. The predicted octanol–water partition coefficient (Wildman–Crippen LogP) is -0.368. The molecule has 0 saturated carbocycles. The van der Waals surface area contributed by atoms with E-state index in [9.17, 15) is 8.42 Å². The Bertz CT molecular complexity index is 239. The smallest absolute Gasteiger partial charge is 0.215 e. The van der Waals surface area contributed by atoms with Crippen molar-refractivity contribution >= 4 is 10.0 Å². The lowest BCUT2D eigenvalue weighted by Gasteiger charge is -2.17. The quantitative estimate of drug-likeness (QED) is 0.640. The van der Waals surface area contributed by atoms with Crippen LogP contribution in [0, 0.1) is 0 Å². The van der Waals surface area contributed by atoms with Gasteiger partial charge in [0.25, 0.3) is 0 Å². The van der Waals surface area contributed by atoms with Gasteiger partial charge in [-0.3, -0.25) is 0 Å². The molecule has 0 saturated heterocycles. The van der Waals surface area contributed by atoms with Crippen LogP contribution in [0.3, 0.4) is 0 Å². The topological polar surface area (TPSA) is 72.6 Å². The molecule has 5 nitrogen and oxygen atoms in total. The molecule has 0 atom stereocenters. The molecule has 0 aliphatic heterocycles. The monoisotopic (exact) mass is 224 g/mol. The van der Waals surface area contributed by atoms with Crippen molar-refractivity contribution in [3.63, 3.8) is 0 Å². The largest absolute Gasteiger partial charge is 0.377 e. The van der Waals surface area contributed by atoms with Gasteiger partial charge in [-0.05, 0) is 13.8 Å². The van der Waals surface area contributed by atoms with Crippen molar-refractivity contribution in [1.82, 2.24) is 4.31 Å². The Morgan fingerprint density at radius 1 is 1.43 bits per heavy atom. The predicted molar refractivity (Wildman–Crippen MR) is 56.6 cm³/mol. The van der Waals surface area contributed by atoms with Crippen LogP contribution < -0.4 is 5.73 Å². The zero-order chi connectivity index (χ0) is 11.2. The van der Waals surface area contributed by atoms with Crippen molar-refractivity contribution in [1.29, 1.82) is 0 Å². The maximum absolute atomic E-state index is 11.4. The summed E-state index contributed by atoms with van der Waals surface area (Å²) >= 11 is 0. The Labute approximate surface area is 86.3 Å². The SMILES string of the molecule is CC(C)OCCN(C)S(=O)(=O)CCN. The molecule has 0 aromatic rings. The van der Waals surface area contributed by atoms with Crippen LogP contribution in [0.4, 0.5) is 0 Å². The van der Waals surface area contributed by atoms with Crippen LogP contribution in [0.15, 0.2) is 0 Å². The summed E-state index contributed by atoms with van der Waals surface area (Å²) in [6, 6.07) is 0. The van der Waals surface area contributed by atoms with Crippen LogP contribution >= 0.6 is 0 Å². The van der Waals surface area contributed by atoms with Crippen molar-refractivity contribution in [2.45, 2.75) is 20.0 Å². The minimum atomic E-state index is -3.18. The van der Waals surface area contributed by atoms with E-state index in [0.717, 1.165) is 0 Å². The van der Waals surface area contributed by atoms with Gasteiger partial charge in [0.1, 0.15) is 0 Å². The molecule has 0 aliphatic carbocycles. The number of ether oxygens (including phenoxy) is 1. The van der Waals surface area contributed by atoms with Crippen molar-refractivity contribution in [3.8, 4) is 0 Å². The van der Waals surface area contributed by atoms with E-state index in [-0.39, 0.29) is 18.4 Å². The molecule has 0 heterocycles. The van der Waals surface area contributed by atoms with E-state index in [0.29, 0.717) is 13.2 Å². The molecule has 2 N–H and O–H groups in total. The van der Waals surface area contributed by atoms with Gasteiger partial charge in [0, 0.05) is 20.1 Å². The van der Waals surface area contributed by atoms with E-state index in [2.05, 4.69) is 0 Å². The van der Waals surface area contributed by atoms with Crippen molar-refractivity contribution < 1.29 is 13.2 Å². The molecule has 0 spiro atoms. The molecule has 0 radical (unpaired) electrons. The molecule has 0 aliphatic rings. The van der Waals surface area contributed by atoms with Crippen LogP contribution in [0.2, 0.25) is 0 Å². The summed E-state index contributed by atoms with van der Waals surface area (Å²) in [4.78, 5) is 0. The first-order valence-electron chi connectivity index (χ1n) is 4.66. The highest BCUT2D eigenvalue weighted by atomic mass is 32.2. The molecule has 0 amide bonds. The Morgan fingerprint density at radius 3 is 2.43 bits per heavy atom. The van der Waals surface area contributed by atoms with Crippen LogP contribution in [-0.4, -0.2) is 51.3 Å². The maximum atomic E-state index is 11.4. The Hall–Kier alpha value is -0.170. The van der Waals surface area contributed by atoms with Gasteiger partial charge in [-0.25, -0.2) is 12.7 Å². The zero-order valence-corrected chi connectivity index (χ0v) is 9.88. The van der Waals surface area contributed by atoms with E-state index < -0.39 is 10.0 Å². The van der Waals surface area contributed by atoms with Gasteiger partial charge >= 0.3 is 0 Å². The lowest BCUT2D eigenvalue weighted by molar-refractivity contribution is 0.0737. The second kappa shape index (κ2) is 6.34. The number of hydrogen-bond donors (Lipinski definition) is 1. The standard InChI is InChI=1S/C8H20N2O3S/c1-8(2)13-6-5-10(3)14(11,12)7-4-9/h8H,4-7,9H2,1-3H3. The van der Waals surface area contributed by atoms with Crippen LogP contribution in [0.5, 0.6) is 0 Å². The van der Waals surface area contributed by atoms with Crippen molar-refractivity contribution in [3.05, 3.63) is 0 Å². The molecule has 0 fully saturated rings. The molecule has 0 rings (SSSR count). The van der Waals surface area contributed by atoms with E-state index in [1.54, 1.807) is 0 Å². The average Bonchev–Trinajstić information content (AvgIpc) is 2.03. The van der Waals surface area contributed by atoms with E-state index >= 15 is 0 Å². The summed E-state index contributed by atoms with van der Waals surface area (Å²) in [5, 5.41) is 0. The second-order valence-electron chi connectivity index (χ2n) is 3.35. The number of nitrogens with two attached hydrogens (primary N) is 1. The third-order valence-electron chi connectivity index (χ3n) is 1.71. The number of nitrogens with zero attached hydrogens (tertiary/aromatic N) is 1. The third kappa shape index (κ3) is 5.54. The Balaban J connectivity index is 3.89. The minimum Gasteiger partial charge on any atom is -0.377 e. The van der Waals surface area contributed by atoms with Gasteiger partial charge < -0.3 is 10.5 Å². The molecule has 0 unspecified atom stereocenters. The van der Waals surface area contributed by atoms with Gasteiger partial charge in [-0.15, -0.1) is 0 Å². The Morgan fingerprint density at radius 2 is 2.00 bits per heavy atom. The first-order valence-corrected chi connectivity index (χ1v) is 6.26. The summed E-state index contributed by atoms with van der Waals surface area (Å²) in [6.45, 7) is 4.76. The highest BCUT2D eigenvalue weighted by Crippen LogP contribution is 1.97. The first-order chi connectivity index (χ1) is 6.40.